The maximum absolute atomic E-state index is 14.3. The number of nitrogens with one attached hydrogen (secondary N) is 1. The first kappa shape index (κ1) is 19.7. The number of halogens is 1. The quantitative estimate of drug-likeness (QED) is 0.396. The second-order valence-corrected chi connectivity index (χ2v) is 7.44. The summed E-state index contributed by atoms with van der Waals surface area (Å²) in [5.41, 5.74) is 3.25. The minimum Gasteiger partial charge on any atom is -0.314 e. The molecule has 150 valence electrons. The molecule has 0 bridgehead atoms. The Morgan fingerprint density at radius 1 is 1.00 bits per heavy atom. The van der Waals surface area contributed by atoms with Crippen LogP contribution in [0.15, 0.2) is 66.4 Å². The van der Waals surface area contributed by atoms with E-state index >= 15 is 0 Å². The van der Waals surface area contributed by atoms with Gasteiger partial charge >= 0.3 is 0 Å². The zero-order valence-electron chi connectivity index (χ0n) is 16.3. The van der Waals surface area contributed by atoms with Gasteiger partial charge in [0.25, 0.3) is 11.8 Å². The third-order valence-corrected chi connectivity index (χ3v) is 5.04. The summed E-state index contributed by atoms with van der Waals surface area (Å²) in [7, 11) is 0. The van der Waals surface area contributed by atoms with E-state index in [0.29, 0.717) is 17.1 Å². The molecule has 5 nitrogen and oxygen atoms in total. The van der Waals surface area contributed by atoms with Gasteiger partial charge in [-0.3, -0.25) is 19.8 Å². The van der Waals surface area contributed by atoms with Crippen molar-refractivity contribution >= 4 is 40.9 Å². The Bertz CT molecular complexity index is 1210. The van der Waals surface area contributed by atoms with Crippen molar-refractivity contribution in [2.75, 3.05) is 4.90 Å². The molecule has 30 heavy (non-hydrogen) atoms. The van der Waals surface area contributed by atoms with Gasteiger partial charge in [0.15, 0.2) is 5.11 Å². The highest BCUT2D eigenvalue weighted by molar-refractivity contribution is 7.80. The molecular weight excluding hydrogens is 401 g/mol. The lowest BCUT2D eigenvalue weighted by Gasteiger charge is -2.29. The molecule has 0 aliphatic carbocycles. The zero-order valence-corrected chi connectivity index (χ0v) is 17.2. The molecular formula is C23H18FN3O2S. The number of carbonyl (C=O) groups excluding carboxylic acids is 2. The molecule has 1 aliphatic rings. The molecule has 1 saturated heterocycles. The first-order valence-corrected chi connectivity index (χ1v) is 9.68. The Balaban J connectivity index is 1.78. The van der Waals surface area contributed by atoms with Crippen LogP contribution in [0.5, 0.6) is 0 Å². The van der Waals surface area contributed by atoms with E-state index in [0.717, 1.165) is 11.1 Å². The summed E-state index contributed by atoms with van der Waals surface area (Å²) in [4.78, 5) is 27.1. The summed E-state index contributed by atoms with van der Waals surface area (Å²) < 4.78 is 15.8. The number of para-hydroxylation sites is 1. The van der Waals surface area contributed by atoms with E-state index in [9.17, 15) is 14.0 Å². The third-order valence-electron chi connectivity index (χ3n) is 4.75. The smallest absolute Gasteiger partial charge is 0.270 e. The van der Waals surface area contributed by atoms with Gasteiger partial charge in [-0.1, -0.05) is 18.2 Å². The van der Waals surface area contributed by atoms with Crippen molar-refractivity contribution in [3.05, 3.63) is 89.0 Å². The summed E-state index contributed by atoms with van der Waals surface area (Å²) in [6, 6.07) is 15.3. The predicted molar refractivity (Wildman–Crippen MR) is 118 cm³/mol. The Morgan fingerprint density at radius 3 is 2.40 bits per heavy atom. The molecule has 0 saturated carbocycles. The van der Waals surface area contributed by atoms with E-state index in [4.69, 9.17) is 12.2 Å². The summed E-state index contributed by atoms with van der Waals surface area (Å²) in [6.45, 7) is 3.84. The first-order chi connectivity index (χ1) is 14.3. The van der Waals surface area contributed by atoms with Crippen molar-refractivity contribution in [3.63, 3.8) is 0 Å². The maximum Gasteiger partial charge on any atom is 0.270 e. The number of carbonyl (C=O) groups is 2. The molecule has 7 heteroatoms. The van der Waals surface area contributed by atoms with Crippen molar-refractivity contribution in [2.45, 2.75) is 13.8 Å². The van der Waals surface area contributed by atoms with Gasteiger partial charge < -0.3 is 4.57 Å². The largest absolute Gasteiger partial charge is 0.314 e. The standard InChI is InChI=1S/C23H18FN3O2S/c1-14-10-15(2)12-17(11-14)27-22(29)18(21(28)25-23(27)30)13-16-6-5-9-26(16)20-8-4-3-7-19(20)24/h3-13H,1-2H3,(H,25,28,30)/b18-13+. The van der Waals surface area contributed by atoms with Gasteiger partial charge in [-0.2, -0.15) is 0 Å². The van der Waals surface area contributed by atoms with Crippen LogP contribution in [0.1, 0.15) is 16.8 Å². The molecule has 1 aliphatic heterocycles. The van der Waals surface area contributed by atoms with Gasteiger partial charge in [-0.05, 0) is 79.7 Å². The van der Waals surface area contributed by atoms with Crippen LogP contribution >= 0.6 is 12.2 Å². The number of hydrogen-bond acceptors (Lipinski definition) is 3. The van der Waals surface area contributed by atoms with Gasteiger partial charge in [0, 0.05) is 11.9 Å². The van der Waals surface area contributed by atoms with Crippen LogP contribution in [-0.2, 0) is 9.59 Å². The van der Waals surface area contributed by atoms with E-state index in [1.807, 2.05) is 32.0 Å². The number of amides is 2. The van der Waals surface area contributed by atoms with Crippen LogP contribution in [0, 0.1) is 19.7 Å². The number of aryl methyl sites for hydroxylation is 2. The normalized spacial score (nSPS) is 15.6. The number of aromatic nitrogens is 1. The topological polar surface area (TPSA) is 54.3 Å². The lowest BCUT2D eigenvalue weighted by Crippen LogP contribution is -2.54. The van der Waals surface area contributed by atoms with E-state index in [2.05, 4.69) is 5.32 Å². The SMILES string of the molecule is Cc1cc(C)cc(N2C(=O)/C(=C/c3cccn3-c3ccccc3F)C(=O)NC2=S)c1. The van der Waals surface area contributed by atoms with E-state index < -0.39 is 17.6 Å². The molecule has 2 amide bonds. The van der Waals surface area contributed by atoms with Gasteiger partial charge in [-0.15, -0.1) is 0 Å². The van der Waals surface area contributed by atoms with Gasteiger partial charge in [0.2, 0.25) is 0 Å². The molecule has 1 N–H and O–H groups in total. The molecule has 0 spiro atoms. The summed E-state index contributed by atoms with van der Waals surface area (Å²) >= 11 is 5.26. The van der Waals surface area contributed by atoms with Gasteiger partial charge in [-0.25, -0.2) is 4.39 Å². The molecule has 4 rings (SSSR count). The summed E-state index contributed by atoms with van der Waals surface area (Å²) in [5.74, 6) is -1.53. The highest BCUT2D eigenvalue weighted by atomic mass is 32.1. The highest BCUT2D eigenvalue weighted by Gasteiger charge is 2.34. The van der Waals surface area contributed by atoms with E-state index in [1.165, 1.54) is 17.0 Å². The minimum absolute atomic E-state index is 0.0247. The van der Waals surface area contributed by atoms with Crippen LogP contribution in [0.3, 0.4) is 0 Å². The Hall–Kier alpha value is -3.58. The van der Waals surface area contributed by atoms with Crippen molar-refractivity contribution in [2.24, 2.45) is 0 Å². The van der Waals surface area contributed by atoms with E-state index in [1.54, 1.807) is 41.1 Å². The molecule has 1 fully saturated rings. The number of anilines is 1. The summed E-state index contributed by atoms with van der Waals surface area (Å²) in [6.07, 6.45) is 3.11. The van der Waals surface area contributed by atoms with Crippen molar-refractivity contribution in [3.8, 4) is 5.69 Å². The lowest BCUT2D eigenvalue weighted by molar-refractivity contribution is -0.122. The van der Waals surface area contributed by atoms with Gasteiger partial charge in [0.05, 0.1) is 11.4 Å². The van der Waals surface area contributed by atoms with Crippen molar-refractivity contribution in [1.29, 1.82) is 0 Å². The van der Waals surface area contributed by atoms with Crippen molar-refractivity contribution < 1.29 is 14.0 Å². The molecule has 3 aromatic rings. The fraction of sp³-hybridized carbons (Fsp3) is 0.0870. The fourth-order valence-corrected chi connectivity index (χ4v) is 3.78. The highest BCUT2D eigenvalue weighted by Crippen LogP contribution is 2.25. The molecule has 2 heterocycles. The summed E-state index contributed by atoms with van der Waals surface area (Å²) in [5, 5.41) is 2.60. The van der Waals surface area contributed by atoms with E-state index in [-0.39, 0.29) is 10.7 Å². The Morgan fingerprint density at radius 2 is 1.70 bits per heavy atom. The number of thiocarbonyl (C=S) groups is 1. The van der Waals surface area contributed by atoms with Crippen LogP contribution in [0.25, 0.3) is 11.8 Å². The number of nitrogens with zero attached hydrogens (tertiary/aromatic N) is 2. The first-order valence-electron chi connectivity index (χ1n) is 9.27. The van der Waals surface area contributed by atoms with Crippen LogP contribution in [-0.4, -0.2) is 21.5 Å². The monoisotopic (exact) mass is 419 g/mol. The molecule has 0 radical (unpaired) electrons. The number of benzene rings is 2. The number of rotatable bonds is 3. The fourth-order valence-electron chi connectivity index (χ4n) is 3.50. The molecule has 1 aromatic heterocycles. The average Bonchev–Trinajstić information content (AvgIpc) is 3.12. The van der Waals surface area contributed by atoms with Crippen LogP contribution in [0.2, 0.25) is 0 Å². The lowest BCUT2D eigenvalue weighted by atomic mass is 10.1. The molecule has 0 unspecified atom stereocenters. The number of hydrogen-bond donors (Lipinski definition) is 1. The van der Waals surface area contributed by atoms with Gasteiger partial charge in [0.1, 0.15) is 11.4 Å². The Kier molecular flexibility index (Phi) is 5.05. The molecule has 2 aromatic carbocycles. The van der Waals surface area contributed by atoms with Crippen LogP contribution in [0.4, 0.5) is 10.1 Å². The second kappa shape index (κ2) is 7.68. The minimum atomic E-state index is -0.591. The Labute approximate surface area is 178 Å². The third kappa shape index (κ3) is 3.55. The van der Waals surface area contributed by atoms with Crippen molar-refractivity contribution in [1.82, 2.24) is 9.88 Å². The zero-order chi connectivity index (χ0) is 21.4. The predicted octanol–water partition coefficient (Wildman–Crippen LogP) is 4.06. The van der Waals surface area contributed by atoms with Crippen LogP contribution < -0.4 is 10.2 Å². The second-order valence-electron chi connectivity index (χ2n) is 7.06. The molecule has 0 atom stereocenters. The average molecular weight is 419 g/mol. The maximum atomic E-state index is 14.3.